The van der Waals surface area contributed by atoms with Crippen LogP contribution in [0, 0.1) is 0 Å². The van der Waals surface area contributed by atoms with Crippen LogP contribution in [0.5, 0.6) is 0 Å². The van der Waals surface area contributed by atoms with Crippen LogP contribution >= 0.6 is 11.8 Å². The van der Waals surface area contributed by atoms with Gasteiger partial charge in [0.25, 0.3) is 0 Å². The molecule has 52 valence electrons. The Bertz CT molecular complexity index is 118. The Morgan fingerprint density at radius 3 is 3.22 bits per heavy atom. The van der Waals surface area contributed by atoms with E-state index in [0.29, 0.717) is 6.61 Å². The fraction of sp³-hybridized carbons (Fsp3) is 0.800. The lowest BCUT2D eigenvalue weighted by molar-refractivity contribution is 0.177. The molecule has 3 nitrogen and oxygen atoms in total. The number of alkyl carbamates (subject to hydrolysis) is 1. The van der Waals surface area contributed by atoms with Gasteiger partial charge >= 0.3 is 6.09 Å². The van der Waals surface area contributed by atoms with Gasteiger partial charge in [-0.25, -0.2) is 4.79 Å². The average Bonchev–Trinajstić information content (AvgIpc) is 2.17. The third-order valence-corrected chi connectivity index (χ3v) is 1.84. The minimum Gasteiger partial charge on any atom is -0.447 e. The summed E-state index contributed by atoms with van der Waals surface area (Å²) in [5.74, 6) is 0.936. The number of amides is 1. The number of thioether (sulfide) groups is 1. The molecule has 0 radical (unpaired) electrons. The molecule has 1 atom stereocenters. The van der Waals surface area contributed by atoms with Crippen LogP contribution in [-0.2, 0) is 4.74 Å². The van der Waals surface area contributed by atoms with E-state index < -0.39 is 0 Å². The molecule has 0 aliphatic carbocycles. The van der Waals surface area contributed by atoms with Gasteiger partial charge in [0.15, 0.2) is 0 Å². The molecule has 0 bridgehead atoms. The van der Waals surface area contributed by atoms with E-state index >= 15 is 0 Å². The van der Waals surface area contributed by atoms with Crippen molar-refractivity contribution < 1.29 is 9.53 Å². The van der Waals surface area contributed by atoms with Gasteiger partial charge in [-0.3, -0.25) is 0 Å². The lowest BCUT2D eigenvalue weighted by atomic mass is 10.4. The molecule has 0 aromatic carbocycles. The summed E-state index contributed by atoms with van der Waals surface area (Å²) in [5.41, 5.74) is 0. The largest absolute Gasteiger partial charge is 0.447 e. The van der Waals surface area contributed by atoms with Crippen LogP contribution in [0.1, 0.15) is 0 Å². The van der Waals surface area contributed by atoms with E-state index in [2.05, 4.69) is 10.1 Å². The third-order valence-electron chi connectivity index (χ3n) is 1.11. The highest BCUT2D eigenvalue weighted by atomic mass is 32.2. The first-order chi connectivity index (χ1) is 4.33. The van der Waals surface area contributed by atoms with Crippen molar-refractivity contribution in [2.24, 2.45) is 0 Å². The summed E-state index contributed by atoms with van der Waals surface area (Å²) in [5, 5.41) is 2.67. The summed E-state index contributed by atoms with van der Waals surface area (Å²) in [6.45, 7) is 0.527. The van der Waals surface area contributed by atoms with Crippen molar-refractivity contribution in [2.45, 2.75) is 6.04 Å². The van der Waals surface area contributed by atoms with E-state index in [4.69, 9.17) is 0 Å². The molecule has 0 aromatic rings. The van der Waals surface area contributed by atoms with E-state index in [-0.39, 0.29) is 12.1 Å². The quantitative estimate of drug-likeness (QED) is 0.616. The molecule has 9 heavy (non-hydrogen) atoms. The van der Waals surface area contributed by atoms with Crippen LogP contribution in [0.25, 0.3) is 0 Å². The zero-order valence-electron chi connectivity index (χ0n) is 5.22. The van der Waals surface area contributed by atoms with Gasteiger partial charge in [-0.05, 0) is 6.26 Å². The van der Waals surface area contributed by atoms with Crippen LogP contribution in [0.3, 0.4) is 0 Å². The second-order valence-electron chi connectivity index (χ2n) is 1.90. The van der Waals surface area contributed by atoms with Crippen molar-refractivity contribution in [2.75, 3.05) is 18.6 Å². The fourth-order valence-electron chi connectivity index (χ4n) is 0.717. The van der Waals surface area contributed by atoms with Crippen molar-refractivity contribution in [1.29, 1.82) is 0 Å². The monoisotopic (exact) mass is 147 g/mol. The summed E-state index contributed by atoms with van der Waals surface area (Å²) in [6, 6.07) is 0.229. The second kappa shape index (κ2) is 2.96. The van der Waals surface area contributed by atoms with Gasteiger partial charge < -0.3 is 10.1 Å². The molecule has 0 saturated carbocycles. The molecular weight excluding hydrogens is 138 g/mol. The van der Waals surface area contributed by atoms with Crippen molar-refractivity contribution in [1.82, 2.24) is 5.32 Å². The number of cyclic esters (lactones) is 1. The Morgan fingerprint density at radius 2 is 2.78 bits per heavy atom. The van der Waals surface area contributed by atoms with Crippen molar-refractivity contribution in [3.8, 4) is 0 Å². The maximum atomic E-state index is 10.4. The predicted molar refractivity (Wildman–Crippen MR) is 36.7 cm³/mol. The Labute approximate surface area is 58.1 Å². The first-order valence-electron chi connectivity index (χ1n) is 2.75. The number of nitrogens with one attached hydrogen (secondary N) is 1. The van der Waals surface area contributed by atoms with Crippen molar-refractivity contribution in [3.05, 3.63) is 0 Å². The second-order valence-corrected chi connectivity index (χ2v) is 2.81. The van der Waals surface area contributed by atoms with Crippen LogP contribution in [0.2, 0.25) is 0 Å². The Morgan fingerprint density at radius 1 is 2.00 bits per heavy atom. The van der Waals surface area contributed by atoms with Crippen molar-refractivity contribution in [3.63, 3.8) is 0 Å². The van der Waals surface area contributed by atoms with Gasteiger partial charge in [0.1, 0.15) is 6.61 Å². The molecule has 0 spiro atoms. The molecule has 1 saturated heterocycles. The smallest absolute Gasteiger partial charge is 0.407 e. The van der Waals surface area contributed by atoms with E-state index in [1.54, 1.807) is 11.8 Å². The van der Waals surface area contributed by atoms with Gasteiger partial charge in [0, 0.05) is 5.75 Å². The first kappa shape index (κ1) is 6.74. The normalized spacial score (nSPS) is 25.4. The summed E-state index contributed by atoms with van der Waals surface area (Å²) >= 11 is 1.71. The summed E-state index contributed by atoms with van der Waals surface area (Å²) in [7, 11) is 0. The molecule has 4 heteroatoms. The number of ether oxygens (including phenoxy) is 1. The number of carbonyl (C=O) groups is 1. The lowest BCUT2D eigenvalue weighted by Crippen LogP contribution is -2.28. The third kappa shape index (κ3) is 1.78. The van der Waals surface area contributed by atoms with E-state index in [1.165, 1.54) is 0 Å². The zero-order valence-corrected chi connectivity index (χ0v) is 6.03. The molecule has 1 aliphatic heterocycles. The number of hydrogen-bond donors (Lipinski definition) is 1. The Kier molecular flexibility index (Phi) is 2.22. The van der Waals surface area contributed by atoms with Gasteiger partial charge in [-0.1, -0.05) is 0 Å². The zero-order chi connectivity index (χ0) is 6.69. The highest BCUT2D eigenvalue weighted by Crippen LogP contribution is 2.03. The summed E-state index contributed by atoms with van der Waals surface area (Å²) < 4.78 is 4.65. The van der Waals surface area contributed by atoms with Gasteiger partial charge in [0.05, 0.1) is 6.04 Å². The van der Waals surface area contributed by atoms with E-state index in [9.17, 15) is 4.79 Å². The SMILES string of the molecule is CSCC1COC(=O)N1. The summed E-state index contributed by atoms with van der Waals surface area (Å²) in [6.07, 6.45) is 1.72. The molecule has 1 heterocycles. The van der Waals surface area contributed by atoms with Crippen LogP contribution < -0.4 is 5.32 Å². The minimum absolute atomic E-state index is 0.229. The van der Waals surface area contributed by atoms with Crippen LogP contribution in [-0.4, -0.2) is 30.8 Å². The van der Waals surface area contributed by atoms with Crippen molar-refractivity contribution >= 4 is 17.9 Å². The Hall–Kier alpha value is -0.380. The predicted octanol–water partition coefficient (Wildman–Crippen LogP) is 0.458. The van der Waals surface area contributed by atoms with Gasteiger partial charge in [0.2, 0.25) is 0 Å². The van der Waals surface area contributed by atoms with E-state index in [0.717, 1.165) is 5.75 Å². The fourth-order valence-corrected chi connectivity index (χ4v) is 1.30. The molecular formula is C5H9NO2S. The maximum absolute atomic E-state index is 10.4. The molecule has 1 unspecified atom stereocenters. The average molecular weight is 147 g/mol. The standard InChI is InChI=1S/C5H9NO2S/c1-9-3-4-2-8-5(7)6-4/h4H,2-3H2,1H3,(H,6,7). The lowest BCUT2D eigenvalue weighted by Gasteiger charge is -2.01. The van der Waals surface area contributed by atoms with Crippen LogP contribution in [0.4, 0.5) is 4.79 Å². The summed E-state index contributed by atoms with van der Waals surface area (Å²) in [4.78, 5) is 10.4. The molecule has 1 aliphatic rings. The molecule has 1 N–H and O–H groups in total. The minimum atomic E-state index is -0.283. The first-order valence-corrected chi connectivity index (χ1v) is 4.14. The van der Waals surface area contributed by atoms with Gasteiger partial charge in [-0.2, -0.15) is 11.8 Å². The number of carbonyl (C=O) groups excluding carboxylic acids is 1. The molecule has 1 amide bonds. The highest BCUT2D eigenvalue weighted by molar-refractivity contribution is 7.98. The topological polar surface area (TPSA) is 38.3 Å². The molecule has 1 rings (SSSR count). The molecule has 1 fully saturated rings. The highest BCUT2D eigenvalue weighted by Gasteiger charge is 2.20. The van der Waals surface area contributed by atoms with E-state index in [1.807, 2.05) is 6.26 Å². The number of hydrogen-bond acceptors (Lipinski definition) is 3. The van der Waals surface area contributed by atoms with Crippen LogP contribution in [0.15, 0.2) is 0 Å². The van der Waals surface area contributed by atoms with Gasteiger partial charge in [-0.15, -0.1) is 0 Å². The number of rotatable bonds is 2. The molecule has 0 aromatic heterocycles. The maximum Gasteiger partial charge on any atom is 0.407 e. The Balaban J connectivity index is 2.22.